The van der Waals surface area contributed by atoms with Gasteiger partial charge in [0.05, 0.1) is 31.9 Å². The smallest absolute Gasteiger partial charge is 0.345 e. The second-order valence-electron chi connectivity index (χ2n) is 5.87. The van der Waals surface area contributed by atoms with E-state index in [2.05, 4.69) is 9.47 Å². The molecule has 0 fully saturated rings. The molecular weight excluding hydrogens is 416 g/mol. The van der Waals surface area contributed by atoms with Crippen molar-refractivity contribution in [3.8, 4) is 11.5 Å². The normalized spacial score (nSPS) is 10.0. The zero-order valence-electron chi connectivity index (χ0n) is 16.4. The maximum Gasteiger partial charge on any atom is 0.345 e. The second kappa shape index (κ2) is 10.3. The van der Waals surface area contributed by atoms with Crippen molar-refractivity contribution in [3.63, 3.8) is 0 Å². The summed E-state index contributed by atoms with van der Waals surface area (Å²) in [4.78, 5) is 34.6. The summed E-state index contributed by atoms with van der Waals surface area (Å²) in [5.74, 6) is -2.22. The number of carboxylic acid groups (broad SMARTS) is 1. The van der Waals surface area contributed by atoms with Crippen molar-refractivity contribution in [1.82, 2.24) is 0 Å². The van der Waals surface area contributed by atoms with Gasteiger partial charge in [-0.25, -0.2) is 14.4 Å². The number of carbonyl (C=O) groups excluding carboxylic acids is 2. The van der Waals surface area contributed by atoms with E-state index < -0.39 is 17.9 Å². The minimum Gasteiger partial charge on any atom is -0.493 e. The van der Waals surface area contributed by atoms with E-state index in [4.69, 9.17) is 26.2 Å². The van der Waals surface area contributed by atoms with Crippen LogP contribution in [0.5, 0.6) is 11.5 Å². The largest absolute Gasteiger partial charge is 0.493 e. The number of methoxy groups -OCH3 is 3. The monoisotopic (exact) mass is 434 g/mol. The predicted molar refractivity (Wildman–Crippen MR) is 108 cm³/mol. The lowest BCUT2D eigenvalue weighted by Gasteiger charge is -2.14. The highest BCUT2D eigenvalue weighted by atomic mass is 35.5. The van der Waals surface area contributed by atoms with E-state index in [9.17, 15) is 14.4 Å². The standard InChI is InChI=1S/C21H19ClO8/c1-27-17-10-13(8-15(20(25)28-2)21(26)29-3)9-16(22)18(17)30-11-12-4-6-14(7-5-12)19(23)24/h4-10H,11H2,1-3H3,(H,23,24). The molecule has 0 unspecified atom stereocenters. The van der Waals surface area contributed by atoms with Crippen LogP contribution < -0.4 is 9.47 Å². The van der Waals surface area contributed by atoms with Crippen molar-refractivity contribution in [2.45, 2.75) is 6.61 Å². The van der Waals surface area contributed by atoms with Gasteiger partial charge in [0.15, 0.2) is 11.5 Å². The molecule has 0 saturated carbocycles. The molecule has 0 amide bonds. The highest BCUT2D eigenvalue weighted by Gasteiger charge is 2.21. The topological polar surface area (TPSA) is 108 Å². The Morgan fingerprint density at radius 3 is 2.10 bits per heavy atom. The average Bonchev–Trinajstić information content (AvgIpc) is 2.75. The average molecular weight is 435 g/mol. The van der Waals surface area contributed by atoms with Gasteiger partial charge in [-0.15, -0.1) is 0 Å². The Morgan fingerprint density at radius 2 is 1.60 bits per heavy atom. The number of benzene rings is 2. The third-order valence-electron chi connectivity index (χ3n) is 3.96. The molecule has 9 heteroatoms. The lowest BCUT2D eigenvalue weighted by Crippen LogP contribution is -2.15. The molecule has 0 spiro atoms. The van der Waals surface area contributed by atoms with Crippen LogP contribution in [0.15, 0.2) is 42.0 Å². The van der Waals surface area contributed by atoms with Crippen molar-refractivity contribution < 1.29 is 38.4 Å². The fourth-order valence-corrected chi connectivity index (χ4v) is 2.72. The molecule has 0 aliphatic heterocycles. The van der Waals surface area contributed by atoms with Gasteiger partial charge in [0.1, 0.15) is 12.2 Å². The van der Waals surface area contributed by atoms with Crippen LogP contribution in [0.4, 0.5) is 0 Å². The lowest BCUT2D eigenvalue weighted by atomic mass is 10.1. The zero-order valence-corrected chi connectivity index (χ0v) is 17.2. The van der Waals surface area contributed by atoms with E-state index in [-0.39, 0.29) is 34.3 Å². The molecule has 1 N–H and O–H groups in total. The molecule has 0 radical (unpaired) electrons. The molecule has 8 nitrogen and oxygen atoms in total. The summed E-state index contributed by atoms with van der Waals surface area (Å²) in [5, 5.41) is 9.13. The van der Waals surface area contributed by atoms with Crippen molar-refractivity contribution in [3.05, 3.63) is 63.7 Å². The first kappa shape index (κ1) is 22.8. The summed E-state index contributed by atoms with van der Waals surface area (Å²) >= 11 is 6.31. The Balaban J connectivity index is 2.30. The van der Waals surface area contributed by atoms with Crippen LogP contribution in [-0.2, 0) is 25.7 Å². The molecule has 0 aromatic heterocycles. The molecule has 0 bridgehead atoms. The summed E-state index contributed by atoms with van der Waals surface area (Å²) in [7, 11) is 3.70. The fourth-order valence-electron chi connectivity index (χ4n) is 2.45. The van der Waals surface area contributed by atoms with Crippen LogP contribution in [0.25, 0.3) is 6.08 Å². The van der Waals surface area contributed by atoms with Crippen molar-refractivity contribution in [2.75, 3.05) is 21.3 Å². The van der Waals surface area contributed by atoms with E-state index in [1.807, 2.05) is 0 Å². The second-order valence-corrected chi connectivity index (χ2v) is 6.27. The molecule has 2 aromatic rings. The van der Waals surface area contributed by atoms with Crippen LogP contribution in [0, 0.1) is 0 Å². The quantitative estimate of drug-likeness (QED) is 0.291. The first-order chi connectivity index (χ1) is 14.3. The van der Waals surface area contributed by atoms with E-state index >= 15 is 0 Å². The van der Waals surface area contributed by atoms with E-state index in [1.165, 1.54) is 37.5 Å². The lowest BCUT2D eigenvalue weighted by molar-refractivity contribution is -0.143. The number of carboxylic acids is 1. The molecule has 30 heavy (non-hydrogen) atoms. The van der Waals surface area contributed by atoms with Gasteiger partial charge in [-0.2, -0.15) is 0 Å². The van der Waals surface area contributed by atoms with Gasteiger partial charge in [0.25, 0.3) is 0 Å². The Kier molecular flexibility index (Phi) is 7.83. The Labute approximate surface area is 177 Å². The molecule has 0 atom stereocenters. The molecule has 0 saturated heterocycles. The minimum absolute atomic E-state index is 0.112. The van der Waals surface area contributed by atoms with Crippen molar-refractivity contribution in [1.29, 1.82) is 0 Å². The SMILES string of the molecule is COC(=O)C(=Cc1cc(Cl)c(OCc2ccc(C(=O)O)cc2)c(OC)c1)C(=O)OC. The van der Waals surface area contributed by atoms with Crippen LogP contribution in [0.1, 0.15) is 21.5 Å². The minimum atomic E-state index is -1.02. The summed E-state index contributed by atoms with van der Waals surface area (Å²) in [5.41, 5.74) is 0.962. The maximum atomic E-state index is 11.8. The van der Waals surface area contributed by atoms with Gasteiger partial charge in [-0.1, -0.05) is 23.7 Å². The van der Waals surface area contributed by atoms with Crippen LogP contribution in [-0.4, -0.2) is 44.3 Å². The number of halogens is 1. The van der Waals surface area contributed by atoms with E-state index in [1.54, 1.807) is 12.1 Å². The molecule has 2 aromatic carbocycles. The Hall–Kier alpha value is -3.52. The predicted octanol–water partition coefficient (Wildman–Crippen LogP) is 3.36. The molecule has 2 rings (SSSR count). The number of aromatic carboxylic acids is 1. The fraction of sp³-hybridized carbons (Fsp3) is 0.190. The highest BCUT2D eigenvalue weighted by molar-refractivity contribution is 6.32. The van der Waals surface area contributed by atoms with Crippen LogP contribution >= 0.6 is 11.6 Å². The van der Waals surface area contributed by atoms with E-state index in [0.717, 1.165) is 19.8 Å². The number of ether oxygens (including phenoxy) is 4. The van der Waals surface area contributed by atoms with Gasteiger partial charge in [0.2, 0.25) is 0 Å². The Bertz CT molecular complexity index is 961. The summed E-state index contributed by atoms with van der Waals surface area (Å²) in [6, 6.07) is 9.20. The first-order valence-corrected chi connectivity index (χ1v) is 8.89. The van der Waals surface area contributed by atoms with Gasteiger partial charge in [-0.3, -0.25) is 0 Å². The van der Waals surface area contributed by atoms with Crippen molar-refractivity contribution in [2.24, 2.45) is 0 Å². The molecular formula is C21H19ClO8. The number of carbonyl (C=O) groups is 3. The maximum absolute atomic E-state index is 11.8. The molecule has 0 heterocycles. The molecule has 0 aliphatic rings. The number of hydrogen-bond donors (Lipinski definition) is 1. The third kappa shape index (κ3) is 5.51. The summed E-state index contributed by atoms with van der Waals surface area (Å²) in [6.45, 7) is 0.112. The van der Waals surface area contributed by atoms with Gasteiger partial charge < -0.3 is 24.1 Å². The third-order valence-corrected chi connectivity index (χ3v) is 4.24. The molecule has 0 aliphatic carbocycles. The van der Waals surface area contributed by atoms with Crippen molar-refractivity contribution >= 4 is 35.6 Å². The van der Waals surface area contributed by atoms with Gasteiger partial charge >= 0.3 is 17.9 Å². The van der Waals surface area contributed by atoms with Gasteiger partial charge in [-0.05, 0) is 41.5 Å². The number of rotatable bonds is 8. The van der Waals surface area contributed by atoms with Crippen LogP contribution in [0.2, 0.25) is 5.02 Å². The summed E-state index contributed by atoms with van der Waals surface area (Å²) in [6.07, 6.45) is 1.26. The molecule has 158 valence electrons. The first-order valence-electron chi connectivity index (χ1n) is 8.51. The van der Waals surface area contributed by atoms with Gasteiger partial charge in [0, 0.05) is 0 Å². The van der Waals surface area contributed by atoms with E-state index in [0.29, 0.717) is 5.56 Å². The number of hydrogen-bond acceptors (Lipinski definition) is 7. The summed E-state index contributed by atoms with van der Waals surface area (Å²) < 4.78 is 20.2. The van der Waals surface area contributed by atoms with Crippen LogP contribution in [0.3, 0.4) is 0 Å². The highest BCUT2D eigenvalue weighted by Crippen LogP contribution is 2.37. The number of esters is 2. The zero-order chi connectivity index (χ0) is 22.3. The Morgan fingerprint density at radius 1 is 1.00 bits per heavy atom.